The van der Waals surface area contributed by atoms with Crippen molar-refractivity contribution in [2.45, 2.75) is 32.2 Å². The normalized spacial score (nSPS) is 23.2. The maximum absolute atomic E-state index is 9.25. The van der Waals surface area contributed by atoms with Gasteiger partial charge >= 0.3 is 0 Å². The fraction of sp³-hybridized carbons (Fsp3) is 0.500. The van der Waals surface area contributed by atoms with Crippen LogP contribution < -0.4 is 4.90 Å². The molecule has 17 heavy (non-hydrogen) atoms. The fourth-order valence-corrected chi connectivity index (χ4v) is 2.85. The van der Waals surface area contributed by atoms with Gasteiger partial charge in [0.25, 0.3) is 0 Å². The Balaban J connectivity index is 2.31. The highest BCUT2D eigenvalue weighted by atomic mass is 79.9. The second kappa shape index (κ2) is 4.70. The van der Waals surface area contributed by atoms with Gasteiger partial charge in [0, 0.05) is 16.7 Å². The van der Waals surface area contributed by atoms with E-state index in [2.05, 4.69) is 65.0 Å². The summed E-state index contributed by atoms with van der Waals surface area (Å²) in [5, 5.41) is 9.25. The third-order valence-electron chi connectivity index (χ3n) is 3.72. The molecule has 0 radical (unpaired) electrons. The van der Waals surface area contributed by atoms with E-state index in [1.165, 1.54) is 5.69 Å². The lowest BCUT2D eigenvalue weighted by Crippen LogP contribution is -2.53. The molecule has 0 bridgehead atoms. The molecule has 0 aliphatic carbocycles. The number of benzene rings is 1. The molecule has 2 rings (SSSR count). The molecule has 0 spiro atoms. The maximum Gasteiger partial charge on any atom is 0.0690 e. The Kier molecular flexibility index (Phi) is 3.44. The number of rotatable bonds is 1. The molecule has 3 heteroatoms. The third-order valence-corrected chi connectivity index (χ3v) is 4.25. The second-order valence-corrected chi connectivity index (χ2v) is 6.02. The second-order valence-electron chi connectivity index (χ2n) is 5.11. The summed E-state index contributed by atoms with van der Waals surface area (Å²) in [6.45, 7) is 5.37. The minimum Gasteiger partial charge on any atom is -0.365 e. The Labute approximate surface area is 111 Å². The van der Waals surface area contributed by atoms with Gasteiger partial charge in [-0.3, -0.25) is 0 Å². The molecule has 90 valence electrons. The summed E-state index contributed by atoms with van der Waals surface area (Å²) in [5.74, 6) is 0.111. The highest BCUT2D eigenvalue weighted by molar-refractivity contribution is 9.10. The molecule has 0 amide bonds. The summed E-state index contributed by atoms with van der Waals surface area (Å²) in [5.41, 5.74) is 1.12. The Morgan fingerprint density at radius 3 is 2.59 bits per heavy atom. The molecular weight excluding hydrogens is 276 g/mol. The van der Waals surface area contributed by atoms with Gasteiger partial charge in [-0.05, 0) is 51.0 Å². The molecule has 1 aliphatic rings. The van der Waals surface area contributed by atoms with Crippen LogP contribution in [0.3, 0.4) is 0 Å². The van der Waals surface area contributed by atoms with Crippen LogP contribution in [-0.4, -0.2) is 12.1 Å². The predicted molar refractivity (Wildman–Crippen MR) is 73.9 cm³/mol. The molecule has 1 unspecified atom stereocenters. The van der Waals surface area contributed by atoms with Gasteiger partial charge in [-0.2, -0.15) is 5.26 Å². The average molecular weight is 293 g/mol. The average Bonchev–Trinajstić information content (AvgIpc) is 2.30. The van der Waals surface area contributed by atoms with E-state index in [1.54, 1.807) is 0 Å². The lowest BCUT2D eigenvalue weighted by molar-refractivity contribution is 0.292. The van der Waals surface area contributed by atoms with Crippen LogP contribution in [0, 0.1) is 17.2 Å². The van der Waals surface area contributed by atoms with Crippen LogP contribution in [-0.2, 0) is 0 Å². The van der Waals surface area contributed by atoms with Crippen LogP contribution >= 0.6 is 15.9 Å². The zero-order valence-electron chi connectivity index (χ0n) is 10.3. The van der Waals surface area contributed by atoms with Crippen LogP contribution in [0.1, 0.15) is 26.7 Å². The number of nitriles is 1. The van der Waals surface area contributed by atoms with Gasteiger partial charge in [-0.15, -0.1) is 0 Å². The third kappa shape index (κ3) is 2.32. The van der Waals surface area contributed by atoms with E-state index < -0.39 is 0 Å². The van der Waals surface area contributed by atoms with E-state index in [9.17, 15) is 5.26 Å². The van der Waals surface area contributed by atoms with Crippen LogP contribution in [0.4, 0.5) is 5.69 Å². The van der Waals surface area contributed by atoms with Gasteiger partial charge in [-0.25, -0.2) is 0 Å². The number of halogens is 1. The first-order valence-corrected chi connectivity index (χ1v) is 6.78. The molecule has 1 aliphatic heterocycles. The highest BCUT2D eigenvalue weighted by Crippen LogP contribution is 2.36. The molecular formula is C14H17BrN2. The number of anilines is 1. The van der Waals surface area contributed by atoms with Crippen LogP contribution in [0.5, 0.6) is 0 Å². The highest BCUT2D eigenvalue weighted by Gasteiger charge is 2.38. The monoisotopic (exact) mass is 292 g/mol. The van der Waals surface area contributed by atoms with Crippen molar-refractivity contribution in [2.75, 3.05) is 11.4 Å². The van der Waals surface area contributed by atoms with Crippen molar-refractivity contribution in [3.63, 3.8) is 0 Å². The quantitative estimate of drug-likeness (QED) is 0.783. The summed E-state index contributed by atoms with van der Waals surface area (Å²) in [6.07, 6.45) is 2.11. The zero-order valence-corrected chi connectivity index (χ0v) is 11.9. The lowest BCUT2D eigenvalue weighted by Gasteiger charge is -2.47. The SMILES string of the molecule is CC1(C)C(C#N)CCCN1c1ccc(Br)cc1. The summed E-state index contributed by atoms with van der Waals surface area (Å²) >= 11 is 3.45. The van der Waals surface area contributed by atoms with E-state index in [1.807, 2.05) is 0 Å². The van der Waals surface area contributed by atoms with E-state index >= 15 is 0 Å². The first-order valence-electron chi connectivity index (χ1n) is 5.98. The van der Waals surface area contributed by atoms with Gasteiger partial charge in [0.1, 0.15) is 0 Å². The smallest absolute Gasteiger partial charge is 0.0690 e. The molecule has 1 aromatic rings. The predicted octanol–water partition coefficient (Wildman–Crippen LogP) is 3.97. The fourth-order valence-electron chi connectivity index (χ4n) is 2.59. The number of nitrogens with zero attached hydrogens (tertiary/aromatic N) is 2. The summed E-state index contributed by atoms with van der Waals surface area (Å²) in [7, 11) is 0. The molecule has 2 nitrogen and oxygen atoms in total. The van der Waals surface area contributed by atoms with Crippen molar-refractivity contribution < 1.29 is 0 Å². The first-order chi connectivity index (χ1) is 8.05. The van der Waals surface area contributed by atoms with Crippen LogP contribution in [0.2, 0.25) is 0 Å². The van der Waals surface area contributed by atoms with Gasteiger partial charge in [0.05, 0.1) is 17.5 Å². The molecule has 0 N–H and O–H groups in total. The summed E-state index contributed by atoms with van der Waals surface area (Å²) < 4.78 is 1.09. The van der Waals surface area contributed by atoms with Crippen molar-refractivity contribution in [3.05, 3.63) is 28.7 Å². The molecule has 1 fully saturated rings. The topological polar surface area (TPSA) is 27.0 Å². The van der Waals surface area contributed by atoms with Gasteiger partial charge < -0.3 is 4.90 Å². The standard InChI is InChI=1S/C14H17BrN2/c1-14(2)11(10-16)4-3-9-17(14)13-7-5-12(15)6-8-13/h5-8,11H,3-4,9H2,1-2H3. The molecule has 0 aromatic heterocycles. The van der Waals surface area contributed by atoms with Crippen LogP contribution in [0.25, 0.3) is 0 Å². The Morgan fingerprint density at radius 1 is 1.35 bits per heavy atom. The lowest BCUT2D eigenvalue weighted by atomic mass is 9.79. The van der Waals surface area contributed by atoms with Crippen molar-refractivity contribution in [2.24, 2.45) is 5.92 Å². The Morgan fingerprint density at radius 2 is 2.00 bits per heavy atom. The number of piperidine rings is 1. The Bertz CT molecular complexity index is 431. The largest absolute Gasteiger partial charge is 0.365 e. The molecule has 1 atom stereocenters. The minimum absolute atomic E-state index is 0.0825. The van der Waals surface area contributed by atoms with E-state index in [0.29, 0.717) is 0 Å². The summed E-state index contributed by atoms with van der Waals surface area (Å²) in [6, 6.07) is 10.8. The number of hydrogen-bond donors (Lipinski definition) is 0. The molecule has 1 aromatic carbocycles. The van der Waals surface area contributed by atoms with Crippen molar-refractivity contribution in [3.8, 4) is 6.07 Å². The van der Waals surface area contributed by atoms with E-state index in [4.69, 9.17) is 0 Å². The first kappa shape index (κ1) is 12.4. The molecule has 1 heterocycles. The minimum atomic E-state index is -0.0825. The zero-order chi connectivity index (χ0) is 12.5. The van der Waals surface area contributed by atoms with Gasteiger partial charge in [0.15, 0.2) is 0 Å². The van der Waals surface area contributed by atoms with E-state index in [0.717, 1.165) is 23.9 Å². The van der Waals surface area contributed by atoms with Crippen molar-refractivity contribution >= 4 is 21.6 Å². The van der Waals surface area contributed by atoms with Crippen LogP contribution in [0.15, 0.2) is 28.7 Å². The summed E-state index contributed by atoms with van der Waals surface area (Å²) in [4.78, 5) is 2.36. The molecule has 0 saturated carbocycles. The van der Waals surface area contributed by atoms with E-state index in [-0.39, 0.29) is 11.5 Å². The Hall–Kier alpha value is -1.01. The van der Waals surface area contributed by atoms with Gasteiger partial charge in [0.2, 0.25) is 0 Å². The maximum atomic E-state index is 9.25. The van der Waals surface area contributed by atoms with Crippen molar-refractivity contribution in [1.82, 2.24) is 0 Å². The van der Waals surface area contributed by atoms with Gasteiger partial charge in [-0.1, -0.05) is 15.9 Å². The molecule has 1 saturated heterocycles. The van der Waals surface area contributed by atoms with Crippen molar-refractivity contribution in [1.29, 1.82) is 5.26 Å². The number of hydrogen-bond acceptors (Lipinski definition) is 2.